The molecule has 12 heteroatoms. The van der Waals surface area contributed by atoms with Crippen molar-refractivity contribution in [1.82, 2.24) is 15.1 Å². The molecule has 6 atom stereocenters. The number of aliphatic hydroxyl groups is 1. The molecule has 232 valence electrons. The molecule has 2 aromatic rings. The second-order valence-electron chi connectivity index (χ2n) is 12.4. The van der Waals surface area contributed by atoms with Gasteiger partial charge in [0.2, 0.25) is 5.91 Å². The lowest BCUT2D eigenvalue weighted by atomic mass is 9.52. The van der Waals surface area contributed by atoms with Gasteiger partial charge >= 0.3 is 0 Å². The molecule has 44 heavy (non-hydrogen) atoms. The smallest absolute Gasteiger partial charge is 0.251 e. The van der Waals surface area contributed by atoms with E-state index in [1.807, 2.05) is 19.0 Å². The highest BCUT2D eigenvalue weighted by Crippen LogP contribution is 2.51. The van der Waals surface area contributed by atoms with Gasteiger partial charge in [-0.05, 0) is 81.8 Å². The number of benzene rings is 2. The maximum absolute atomic E-state index is 14.0. The predicted octanol–water partition coefficient (Wildman–Crippen LogP) is -0.175. The van der Waals surface area contributed by atoms with Gasteiger partial charge in [-0.1, -0.05) is 18.2 Å². The number of nitrogens with two attached hydrogens (primary N) is 1. The molecule has 0 aromatic heterocycles. The molecule has 3 aliphatic carbocycles. The number of nitrogens with one attached hydrogen (secondary N) is 1. The Bertz CT molecular complexity index is 1580. The summed E-state index contributed by atoms with van der Waals surface area (Å²) in [5, 5.41) is 25.4. The van der Waals surface area contributed by atoms with Crippen LogP contribution in [0.5, 0.6) is 5.75 Å². The molecule has 0 aliphatic heterocycles. The van der Waals surface area contributed by atoms with Crippen molar-refractivity contribution in [1.29, 1.82) is 0 Å². The third-order valence-corrected chi connectivity index (χ3v) is 9.25. The summed E-state index contributed by atoms with van der Waals surface area (Å²) < 4.78 is 0. The van der Waals surface area contributed by atoms with Crippen LogP contribution in [0.2, 0.25) is 0 Å². The summed E-state index contributed by atoms with van der Waals surface area (Å²) in [6.07, 6.45) is 0.105. The standard InChI is InChI=1S/C32H36N4O8/c1-35(2)12-11-34-31(43)16-7-5-15(6-8-16)18-9-10-21(37)23-19(18)13-17-14-20-25(36(3)4)27(39)24(30(33)42)29(41)32(20,44)28(40)22(17)26(23)38/h5-10,17,20,22,24-25,37,44H,11-14H2,1-4H3,(H2,33,42)(H,34,43)/t17-,20-,22?,24?,25?,32-/m0/s1. The molecule has 5 rings (SSSR count). The molecule has 0 bridgehead atoms. The normalized spacial score (nSPS) is 28.0. The van der Waals surface area contributed by atoms with Gasteiger partial charge in [0.15, 0.2) is 34.7 Å². The third-order valence-electron chi connectivity index (χ3n) is 9.25. The largest absolute Gasteiger partial charge is 0.507 e. The molecule has 2 aromatic carbocycles. The number of carbonyl (C=O) groups excluding carboxylic acids is 6. The van der Waals surface area contributed by atoms with Crippen LogP contribution in [0.25, 0.3) is 11.1 Å². The Labute approximate surface area is 254 Å². The number of fused-ring (bicyclic) bond motifs is 3. The first-order chi connectivity index (χ1) is 20.7. The molecule has 0 spiro atoms. The van der Waals surface area contributed by atoms with Crippen molar-refractivity contribution in [3.63, 3.8) is 0 Å². The minimum Gasteiger partial charge on any atom is -0.507 e. The number of phenols is 1. The van der Waals surface area contributed by atoms with Crippen molar-refractivity contribution in [2.24, 2.45) is 29.4 Å². The number of rotatable bonds is 7. The SMILES string of the molecule is CN(C)CCNC(=O)c1ccc(-c2ccc(O)c3c2C[C@H]2C[C@H]4C(N(C)C)C(=O)C(C(N)=O)C(=O)[C@@]4(O)C(=O)C2C3=O)cc1. The van der Waals surface area contributed by atoms with Gasteiger partial charge in [0, 0.05) is 24.6 Å². The summed E-state index contributed by atoms with van der Waals surface area (Å²) in [5.74, 6) is -11.2. The molecule has 2 fully saturated rings. The maximum atomic E-state index is 14.0. The number of amides is 2. The fraction of sp³-hybridized carbons (Fsp3) is 0.438. The highest BCUT2D eigenvalue weighted by molar-refractivity contribution is 6.32. The highest BCUT2D eigenvalue weighted by atomic mass is 16.3. The third kappa shape index (κ3) is 4.83. The van der Waals surface area contributed by atoms with Crippen molar-refractivity contribution in [2.45, 2.75) is 24.5 Å². The van der Waals surface area contributed by atoms with Gasteiger partial charge in [0.1, 0.15) is 5.75 Å². The van der Waals surface area contributed by atoms with E-state index in [0.717, 1.165) is 0 Å². The molecule has 12 nitrogen and oxygen atoms in total. The lowest BCUT2D eigenvalue weighted by Gasteiger charge is -2.52. The zero-order valence-electron chi connectivity index (χ0n) is 25.0. The van der Waals surface area contributed by atoms with Crippen LogP contribution >= 0.6 is 0 Å². The lowest BCUT2D eigenvalue weighted by Crippen LogP contribution is -2.74. The maximum Gasteiger partial charge on any atom is 0.251 e. The van der Waals surface area contributed by atoms with E-state index < -0.39 is 64.4 Å². The lowest BCUT2D eigenvalue weighted by molar-refractivity contribution is -0.181. The van der Waals surface area contributed by atoms with Crippen LogP contribution in [-0.2, 0) is 25.6 Å². The number of primary amides is 1. The van der Waals surface area contributed by atoms with Crippen LogP contribution in [0, 0.1) is 23.7 Å². The van der Waals surface area contributed by atoms with E-state index in [1.54, 1.807) is 30.3 Å². The van der Waals surface area contributed by atoms with E-state index in [-0.39, 0.29) is 30.1 Å². The van der Waals surface area contributed by atoms with Crippen LogP contribution < -0.4 is 11.1 Å². The van der Waals surface area contributed by atoms with Crippen molar-refractivity contribution >= 4 is 34.9 Å². The van der Waals surface area contributed by atoms with Gasteiger partial charge < -0.3 is 26.2 Å². The molecule has 0 saturated heterocycles. The quantitative estimate of drug-likeness (QED) is 0.309. The van der Waals surface area contributed by atoms with Gasteiger partial charge in [0.25, 0.3) is 5.91 Å². The molecule has 3 unspecified atom stereocenters. The molecule has 2 saturated carbocycles. The molecule has 0 heterocycles. The van der Waals surface area contributed by atoms with Gasteiger partial charge in [-0.25, -0.2) is 0 Å². The number of hydrogen-bond acceptors (Lipinski definition) is 10. The fourth-order valence-corrected chi connectivity index (χ4v) is 7.17. The molecule has 3 aliphatic rings. The minimum atomic E-state index is -2.77. The Kier molecular flexibility index (Phi) is 8.04. The van der Waals surface area contributed by atoms with Crippen LogP contribution in [0.3, 0.4) is 0 Å². The number of phenolic OH excluding ortho intramolecular Hbond substituents is 1. The number of hydrogen-bond donors (Lipinski definition) is 4. The first-order valence-electron chi connectivity index (χ1n) is 14.4. The minimum absolute atomic E-state index is 0.0367. The van der Waals surface area contributed by atoms with E-state index in [2.05, 4.69) is 5.32 Å². The number of nitrogens with zero attached hydrogens (tertiary/aromatic N) is 2. The number of likely N-dealkylation sites (N-methyl/N-ethyl adjacent to an activating group) is 2. The van der Waals surface area contributed by atoms with Crippen molar-refractivity contribution in [2.75, 3.05) is 41.3 Å². The van der Waals surface area contributed by atoms with E-state index in [0.29, 0.717) is 35.3 Å². The topological polar surface area (TPSA) is 187 Å². The molecular weight excluding hydrogens is 568 g/mol. The summed E-state index contributed by atoms with van der Waals surface area (Å²) in [6, 6.07) is 8.62. The summed E-state index contributed by atoms with van der Waals surface area (Å²) in [7, 11) is 6.89. The zero-order valence-corrected chi connectivity index (χ0v) is 25.0. The summed E-state index contributed by atoms with van der Waals surface area (Å²) in [5.41, 5.74) is 4.74. The molecular formula is C32H36N4O8. The fourth-order valence-electron chi connectivity index (χ4n) is 7.17. The number of Topliss-reactive ketones (excluding diaryl/α,β-unsaturated/α-hetero) is 4. The van der Waals surface area contributed by atoms with Crippen molar-refractivity contribution < 1.29 is 39.0 Å². The van der Waals surface area contributed by atoms with Crippen molar-refractivity contribution in [3.8, 4) is 16.9 Å². The Hall–Kier alpha value is -4.26. The Balaban J connectivity index is 1.52. The Morgan fingerprint density at radius 1 is 1.00 bits per heavy atom. The second-order valence-corrected chi connectivity index (χ2v) is 12.4. The summed E-state index contributed by atoms with van der Waals surface area (Å²) >= 11 is 0. The van der Waals surface area contributed by atoms with Gasteiger partial charge in [-0.15, -0.1) is 0 Å². The van der Waals surface area contributed by atoms with E-state index in [9.17, 15) is 39.0 Å². The molecule has 5 N–H and O–H groups in total. The molecule has 0 radical (unpaired) electrons. The van der Waals surface area contributed by atoms with E-state index in [1.165, 1.54) is 25.1 Å². The average Bonchev–Trinajstić information content (AvgIpc) is 2.94. The first kappa shape index (κ1) is 31.2. The van der Waals surface area contributed by atoms with Crippen LogP contribution in [0.4, 0.5) is 0 Å². The monoisotopic (exact) mass is 604 g/mol. The van der Waals surface area contributed by atoms with Gasteiger partial charge in [0.05, 0.1) is 17.5 Å². The van der Waals surface area contributed by atoms with Crippen LogP contribution in [0.15, 0.2) is 36.4 Å². The Morgan fingerprint density at radius 2 is 1.66 bits per heavy atom. The van der Waals surface area contributed by atoms with Crippen LogP contribution in [0.1, 0.15) is 32.7 Å². The predicted molar refractivity (Wildman–Crippen MR) is 158 cm³/mol. The van der Waals surface area contributed by atoms with Gasteiger partial charge in [-0.3, -0.25) is 33.7 Å². The highest BCUT2D eigenvalue weighted by Gasteiger charge is 2.69. The zero-order chi connectivity index (χ0) is 32.2. The average molecular weight is 605 g/mol. The van der Waals surface area contributed by atoms with Crippen molar-refractivity contribution in [3.05, 3.63) is 53.1 Å². The second kappa shape index (κ2) is 11.3. The number of carbonyl (C=O) groups is 6. The Morgan fingerprint density at radius 3 is 2.25 bits per heavy atom. The first-order valence-corrected chi connectivity index (χ1v) is 14.4. The summed E-state index contributed by atoms with van der Waals surface area (Å²) in [6.45, 7) is 1.16. The number of aromatic hydroxyl groups is 1. The van der Waals surface area contributed by atoms with E-state index in [4.69, 9.17) is 5.73 Å². The summed E-state index contributed by atoms with van der Waals surface area (Å²) in [4.78, 5) is 82.7. The van der Waals surface area contributed by atoms with E-state index >= 15 is 0 Å². The van der Waals surface area contributed by atoms with Crippen LogP contribution in [-0.4, -0.2) is 108 Å². The molecule has 2 amide bonds. The number of ketones is 4. The van der Waals surface area contributed by atoms with Gasteiger partial charge in [-0.2, -0.15) is 0 Å².